The summed E-state index contributed by atoms with van der Waals surface area (Å²) >= 11 is 0. The molecule has 2 aromatic rings. The Morgan fingerprint density at radius 2 is 1.47 bits per heavy atom. The van der Waals surface area contributed by atoms with Gasteiger partial charge in [0.15, 0.2) is 0 Å². The van der Waals surface area contributed by atoms with Crippen molar-refractivity contribution in [1.29, 1.82) is 0 Å². The molecule has 2 aromatic carbocycles. The maximum Gasteiger partial charge on any atom is 0.328 e. The highest BCUT2D eigenvalue weighted by Gasteiger charge is 2.21. The number of carboxylic acid groups (broad SMARTS) is 1. The molecule has 0 unspecified atom stereocenters. The number of hydrogen-bond donors (Lipinski definition) is 1. The van der Waals surface area contributed by atoms with Gasteiger partial charge in [-0.25, -0.2) is 4.79 Å². The molecule has 3 nitrogen and oxygen atoms in total. The van der Waals surface area contributed by atoms with E-state index in [9.17, 15) is 4.79 Å². The smallest absolute Gasteiger partial charge is 0.328 e. The lowest BCUT2D eigenvalue weighted by Gasteiger charge is -2.28. The minimum Gasteiger partial charge on any atom is -0.493 e. The third-order valence-electron chi connectivity index (χ3n) is 6.68. The Hall–Kier alpha value is -2.55. The Morgan fingerprint density at radius 3 is 2.09 bits per heavy atom. The van der Waals surface area contributed by atoms with Gasteiger partial charge in [0.2, 0.25) is 0 Å². The zero-order valence-electron chi connectivity index (χ0n) is 19.5. The molecule has 0 atom stereocenters. The van der Waals surface area contributed by atoms with E-state index < -0.39 is 5.97 Å². The molecule has 3 rings (SSSR count). The molecule has 0 aliphatic heterocycles. The highest BCUT2D eigenvalue weighted by atomic mass is 16.5. The molecular weight excluding hydrogens is 396 g/mol. The lowest BCUT2D eigenvalue weighted by Crippen LogP contribution is -2.20. The largest absolute Gasteiger partial charge is 0.493 e. The Morgan fingerprint density at radius 1 is 0.875 bits per heavy atom. The Labute approximate surface area is 193 Å². The molecule has 3 heteroatoms. The van der Waals surface area contributed by atoms with Crippen LogP contribution in [0.5, 0.6) is 5.75 Å². The van der Waals surface area contributed by atoms with Crippen molar-refractivity contribution in [3.63, 3.8) is 0 Å². The van der Waals surface area contributed by atoms with E-state index in [1.54, 1.807) is 6.08 Å². The summed E-state index contributed by atoms with van der Waals surface area (Å²) in [7, 11) is 0. The molecule has 0 radical (unpaired) electrons. The van der Waals surface area contributed by atoms with Gasteiger partial charge in [-0.15, -0.1) is 0 Å². The molecule has 0 amide bonds. The predicted octanol–water partition coefficient (Wildman–Crippen LogP) is 8.00. The van der Waals surface area contributed by atoms with Gasteiger partial charge in [-0.3, -0.25) is 0 Å². The summed E-state index contributed by atoms with van der Waals surface area (Å²) in [6, 6.07) is 16.2. The van der Waals surface area contributed by atoms with Gasteiger partial charge in [-0.1, -0.05) is 94.7 Å². The van der Waals surface area contributed by atoms with Crippen LogP contribution in [0.3, 0.4) is 0 Å². The van der Waals surface area contributed by atoms with Gasteiger partial charge in [0.05, 0.1) is 6.61 Å². The van der Waals surface area contributed by atoms with Gasteiger partial charge in [0.1, 0.15) is 5.75 Å². The second-order valence-corrected chi connectivity index (χ2v) is 9.22. The van der Waals surface area contributed by atoms with Crippen molar-refractivity contribution >= 4 is 12.0 Å². The summed E-state index contributed by atoms with van der Waals surface area (Å²) in [6.45, 7) is 3.11. The van der Waals surface area contributed by atoms with Crippen molar-refractivity contribution in [2.75, 3.05) is 6.61 Å². The van der Waals surface area contributed by atoms with Gasteiger partial charge in [-0.05, 0) is 59.6 Å². The first-order valence-electron chi connectivity index (χ1n) is 12.4. The van der Waals surface area contributed by atoms with Crippen LogP contribution in [0.1, 0.15) is 76.7 Å². The standard InChI is InChI=1S/C29H38O3/c1-2-3-4-5-6-7-23-8-10-25(11-9-23)22-32-28-19-17-27(18-20-28)26-15-12-24(13-16-26)14-21-29(30)31/h12-21,23,25H,2-11,22H2,1H3,(H,30,31)/b21-14+/t23-,25+. The van der Waals surface area contributed by atoms with Crippen molar-refractivity contribution < 1.29 is 14.6 Å². The van der Waals surface area contributed by atoms with Gasteiger partial charge in [0.25, 0.3) is 0 Å². The van der Waals surface area contributed by atoms with E-state index in [-0.39, 0.29) is 0 Å². The normalized spacial score (nSPS) is 18.7. The summed E-state index contributed by atoms with van der Waals surface area (Å²) in [5, 5.41) is 8.73. The van der Waals surface area contributed by atoms with Crippen molar-refractivity contribution in [1.82, 2.24) is 0 Å². The molecule has 1 N–H and O–H groups in total. The van der Waals surface area contributed by atoms with E-state index in [4.69, 9.17) is 9.84 Å². The average Bonchev–Trinajstić information content (AvgIpc) is 2.83. The van der Waals surface area contributed by atoms with E-state index in [0.717, 1.165) is 41.0 Å². The highest BCUT2D eigenvalue weighted by molar-refractivity contribution is 5.85. The van der Waals surface area contributed by atoms with E-state index in [0.29, 0.717) is 5.92 Å². The molecule has 0 spiro atoms. The second kappa shape index (κ2) is 13.1. The van der Waals surface area contributed by atoms with Gasteiger partial charge >= 0.3 is 5.97 Å². The van der Waals surface area contributed by atoms with E-state index >= 15 is 0 Å². The van der Waals surface area contributed by atoms with Crippen molar-refractivity contribution in [3.05, 3.63) is 60.2 Å². The molecule has 1 saturated carbocycles. The Balaban J connectivity index is 1.39. The number of rotatable bonds is 12. The SMILES string of the molecule is CCCCCCC[C@H]1CC[C@@H](COc2ccc(-c3ccc(/C=C/C(=O)O)cc3)cc2)CC1. The maximum atomic E-state index is 10.6. The molecule has 32 heavy (non-hydrogen) atoms. The molecule has 1 aliphatic carbocycles. The summed E-state index contributed by atoms with van der Waals surface area (Å²) in [5.41, 5.74) is 3.12. The summed E-state index contributed by atoms with van der Waals surface area (Å²) in [6.07, 6.45) is 16.5. The fourth-order valence-corrected chi connectivity index (χ4v) is 4.64. The molecular formula is C29H38O3. The molecule has 0 aromatic heterocycles. The number of unbranched alkanes of at least 4 members (excludes halogenated alkanes) is 4. The van der Waals surface area contributed by atoms with Crippen LogP contribution < -0.4 is 4.74 Å². The number of benzene rings is 2. The van der Waals surface area contributed by atoms with Crippen LogP contribution in [-0.2, 0) is 4.79 Å². The molecule has 0 saturated heterocycles. The highest BCUT2D eigenvalue weighted by Crippen LogP contribution is 2.33. The zero-order chi connectivity index (χ0) is 22.6. The molecule has 1 aliphatic rings. The van der Waals surface area contributed by atoms with Crippen LogP contribution in [0.25, 0.3) is 17.2 Å². The van der Waals surface area contributed by atoms with Crippen LogP contribution >= 0.6 is 0 Å². The summed E-state index contributed by atoms with van der Waals surface area (Å²) < 4.78 is 6.11. The molecule has 172 valence electrons. The predicted molar refractivity (Wildman–Crippen MR) is 133 cm³/mol. The van der Waals surface area contributed by atoms with Crippen LogP contribution in [0.2, 0.25) is 0 Å². The van der Waals surface area contributed by atoms with E-state index in [1.165, 1.54) is 64.2 Å². The van der Waals surface area contributed by atoms with Crippen LogP contribution in [-0.4, -0.2) is 17.7 Å². The first kappa shape index (κ1) is 24.1. The topological polar surface area (TPSA) is 46.5 Å². The van der Waals surface area contributed by atoms with Crippen LogP contribution in [0.15, 0.2) is 54.6 Å². The number of hydrogen-bond acceptors (Lipinski definition) is 2. The lowest BCUT2D eigenvalue weighted by atomic mass is 9.80. The molecule has 0 bridgehead atoms. The Bertz CT molecular complexity index is 828. The van der Waals surface area contributed by atoms with Crippen molar-refractivity contribution in [3.8, 4) is 16.9 Å². The van der Waals surface area contributed by atoms with Gasteiger partial charge in [-0.2, -0.15) is 0 Å². The maximum absolute atomic E-state index is 10.6. The van der Waals surface area contributed by atoms with Crippen molar-refractivity contribution in [2.45, 2.75) is 71.1 Å². The monoisotopic (exact) mass is 434 g/mol. The Kier molecular flexibility index (Phi) is 9.87. The lowest BCUT2D eigenvalue weighted by molar-refractivity contribution is -0.131. The van der Waals surface area contributed by atoms with E-state index in [1.807, 2.05) is 24.3 Å². The fourth-order valence-electron chi connectivity index (χ4n) is 4.64. The molecule has 0 heterocycles. The second-order valence-electron chi connectivity index (χ2n) is 9.22. The molecule has 1 fully saturated rings. The van der Waals surface area contributed by atoms with Crippen LogP contribution in [0, 0.1) is 11.8 Å². The number of ether oxygens (including phenoxy) is 1. The van der Waals surface area contributed by atoms with Gasteiger partial charge in [0, 0.05) is 6.08 Å². The zero-order valence-corrected chi connectivity index (χ0v) is 19.5. The summed E-state index contributed by atoms with van der Waals surface area (Å²) in [5.74, 6) is 1.64. The quantitative estimate of drug-likeness (QED) is 0.272. The summed E-state index contributed by atoms with van der Waals surface area (Å²) in [4.78, 5) is 10.6. The van der Waals surface area contributed by atoms with Gasteiger partial charge < -0.3 is 9.84 Å². The van der Waals surface area contributed by atoms with Crippen LogP contribution in [0.4, 0.5) is 0 Å². The third-order valence-corrected chi connectivity index (χ3v) is 6.68. The number of aliphatic carboxylic acids is 1. The van der Waals surface area contributed by atoms with E-state index in [2.05, 4.69) is 31.2 Å². The van der Waals surface area contributed by atoms with Crippen molar-refractivity contribution in [2.24, 2.45) is 11.8 Å². The first-order valence-corrected chi connectivity index (χ1v) is 12.4. The minimum atomic E-state index is -0.935. The first-order chi connectivity index (χ1) is 15.6. The number of carboxylic acids is 1. The minimum absolute atomic E-state index is 0.692. The number of carbonyl (C=O) groups is 1. The fraction of sp³-hybridized carbons (Fsp3) is 0.483. The average molecular weight is 435 g/mol. The third kappa shape index (κ3) is 8.18.